The summed E-state index contributed by atoms with van der Waals surface area (Å²) < 4.78 is 0. The Morgan fingerprint density at radius 2 is 2.36 bits per heavy atom. The van der Waals surface area contributed by atoms with E-state index in [1.807, 2.05) is 12.3 Å². The topological polar surface area (TPSA) is 12.9 Å². The Morgan fingerprint density at radius 1 is 1.50 bits per heavy atom. The van der Waals surface area contributed by atoms with E-state index in [1.54, 1.807) is 6.20 Å². The van der Waals surface area contributed by atoms with Gasteiger partial charge < -0.3 is 0 Å². The molecular formula is C11H13BrClN. The van der Waals surface area contributed by atoms with Crippen molar-refractivity contribution in [2.75, 3.05) is 0 Å². The second-order valence-corrected chi connectivity index (χ2v) is 5.46. The largest absolute Gasteiger partial charge is 0.263 e. The molecule has 0 bridgehead atoms. The number of hydrogen-bond donors (Lipinski definition) is 0. The Labute approximate surface area is 98.0 Å². The highest BCUT2D eigenvalue weighted by atomic mass is 79.9. The van der Waals surface area contributed by atoms with Gasteiger partial charge in [0.2, 0.25) is 0 Å². The highest BCUT2D eigenvalue weighted by Crippen LogP contribution is 2.34. The summed E-state index contributed by atoms with van der Waals surface area (Å²) in [6, 6.07) is 2.03. The van der Waals surface area contributed by atoms with Gasteiger partial charge >= 0.3 is 0 Å². The fraction of sp³-hybridized carbons (Fsp3) is 0.545. The van der Waals surface area contributed by atoms with Crippen molar-refractivity contribution in [3.63, 3.8) is 0 Å². The minimum atomic E-state index is 0.673. The molecule has 0 spiro atoms. The molecule has 2 unspecified atom stereocenters. The van der Waals surface area contributed by atoms with Crippen molar-refractivity contribution in [1.82, 2.24) is 4.98 Å². The molecule has 3 heteroatoms. The van der Waals surface area contributed by atoms with Crippen LogP contribution in [0.25, 0.3) is 0 Å². The van der Waals surface area contributed by atoms with Gasteiger partial charge in [-0.05, 0) is 36.8 Å². The van der Waals surface area contributed by atoms with Crippen LogP contribution in [0.4, 0.5) is 0 Å². The van der Waals surface area contributed by atoms with Crippen LogP contribution in [0.5, 0.6) is 0 Å². The van der Waals surface area contributed by atoms with Gasteiger partial charge in [-0.1, -0.05) is 34.0 Å². The lowest BCUT2D eigenvalue weighted by atomic mass is 9.99. The number of aromatic nitrogens is 1. The van der Waals surface area contributed by atoms with Gasteiger partial charge in [0, 0.05) is 17.2 Å². The zero-order valence-electron chi connectivity index (χ0n) is 7.92. The van der Waals surface area contributed by atoms with Crippen molar-refractivity contribution in [3.8, 4) is 0 Å². The van der Waals surface area contributed by atoms with Crippen LogP contribution in [0.2, 0.25) is 5.02 Å². The molecule has 0 aromatic carbocycles. The summed E-state index contributed by atoms with van der Waals surface area (Å²) >= 11 is 9.80. The number of pyridine rings is 1. The normalized spacial score (nSPS) is 26.7. The average Bonchev–Trinajstić information content (AvgIpc) is 2.56. The quantitative estimate of drug-likeness (QED) is 0.747. The van der Waals surface area contributed by atoms with E-state index in [2.05, 4.69) is 20.9 Å². The van der Waals surface area contributed by atoms with Crippen LogP contribution in [-0.2, 0) is 6.42 Å². The molecule has 1 saturated carbocycles. The SMILES string of the molecule is Clc1cnccc1CC1CCCC1Br. The lowest BCUT2D eigenvalue weighted by Crippen LogP contribution is -2.10. The Morgan fingerprint density at radius 3 is 3.00 bits per heavy atom. The molecule has 1 fully saturated rings. The minimum absolute atomic E-state index is 0.673. The first kappa shape index (κ1) is 10.4. The molecule has 0 N–H and O–H groups in total. The average molecular weight is 275 g/mol. The van der Waals surface area contributed by atoms with Gasteiger partial charge in [-0.15, -0.1) is 0 Å². The summed E-state index contributed by atoms with van der Waals surface area (Å²) in [5.41, 5.74) is 1.23. The molecule has 0 saturated heterocycles. The summed E-state index contributed by atoms with van der Waals surface area (Å²) in [6.45, 7) is 0. The van der Waals surface area contributed by atoms with Crippen molar-refractivity contribution < 1.29 is 0 Å². The summed E-state index contributed by atoms with van der Waals surface area (Å²) in [5, 5.41) is 0.805. The van der Waals surface area contributed by atoms with Gasteiger partial charge in [-0.2, -0.15) is 0 Å². The number of nitrogens with zero attached hydrogens (tertiary/aromatic N) is 1. The molecule has 1 aliphatic carbocycles. The molecule has 2 rings (SSSR count). The van der Waals surface area contributed by atoms with Crippen LogP contribution in [0.1, 0.15) is 24.8 Å². The van der Waals surface area contributed by atoms with Crippen LogP contribution in [-0.4, -0.2) is 9.81 Å². The third-order valence-electron chi connectivity index (χ3n) is 2.90. The third-order valence-corrected chi connectivity index (χ3v) is 4.45. The van der Waals surface area contributed by atoms with Gasteiger partial charge in [-0.3, -0.25) is 4.98 Å². The van der Waals surface area contributed by atoms with Gasteiger partial charge in [0.25, 0.3) is 0 Å². The number of hydrogen-bond acceptors (Lipinski definition) is 1. The summed E-state index contributed by atoms with van der Waals surface area (Å²) in [7, 11) is 0. The van der Waals surface area contributed by atoms with E-state index in [9.17, 15) is 0 Å². The van der Waals surface area contributed by atoms with Gasteiger partial charge in [0.15, 0.2) is 0 Å². The van der Waals surface area contributed by atoms with Crippen molar-refractivity contribution in [2.24, 2.45) is 5.92 Å². The molecule has 1 aromatic heterocycles. The van der Waals surface area contributed by atoms with Gasteiger partial charge in [-0.25, -0.2) is 0 Å². The van der Waals surface area contributed by atoms with E-state index < -0.39 is 0 Å². The number of alkyl halides is 1. The van der Waals surface area contributed by atoms with E-state index in [4.69, 9.17) is 11.6 Å². The molecule has 14 heavy (non-hydrogen) atoms. The Hall–Kier alpha value is -0.0800. The predicted octanol–water partition coefficient (Wildman–Crippen LogP) is 3.84. The lowest BCUT2D eigenvalue weighted by molar-refractivity contribution is 0.562. The standard InChI is InChI=1S/C11H13BrClN/c12-10-3-1-2-8(10)6-9-4-5-14-7-11(9)13/h4-5,7-8,10H,1-3,6H2. The Kier molecular flexibility index (Phi) is 3.45. The molecule has 0 aliphatic heterocycles. The smallest absolute Gasteiger partial charge is 0.0621 e. The first-order valence-corrected chi connectivity index (χ1v) is 6.29. The zero-order chi connectivity index (χ0) is 9.97. The first-order valence-electron chi connectivity index (χ1n) is 5.00. The number of halogens is 2. The molecule has 1 heterocycles. The molecule has 1 aromatic rings. The Bertz CT molecular complexity index is 316. The minimum Gasteiger partial charge on any atom is -0.263 e. The zero-order valence-corrected chi connectivity index (χ0v) is 10.3. The molecule has 0 radical (unpaired) electrons. The van der Waals surface area contributed by atoms with Crippen LogP contribution in [0.3, 0.4) is 0 Å². The van der Waals surface area contributed by atoms with Crippen LogP contribution in [0, 0.1) is 5.92 Å². The molecular weight excluding hydrogens is 261 g/mol. The van der Waals surface area contributed by atoms with Gasteiger partial charge in [0.1, 0.15) is 0 Å². The molecule has 76 valence electrons. The molecule has 1 nitrogen and oxygen atoms in total. The fourth-order valence-electron chi connectivity index (χ4n) is 2.07. The fourth-order valence-corrected chi connectivity index (χ4v) is 3.05. The summed E-state index contributed by atoms with van der Waals surface area (Å²) in [4.78, 5) is 4.67. The maximum absolute atomic E-state index is 6.07. The molecule has 2 atom stereocenters. The highest BCUT2D eigenvalue weighted by Gasteiger charge is 2.25. The second-order valence-electron chi connectivity index (χ2n) is 3.88. The van der Waals surface area contributed by atoms with Crippen LogP contribution in [0.15, 0.2) is 18.5 Å². The highest BCUT2D eigenvalue weighted by molar-refractivity contribution is 9.09. The first-order chi connectivity index (χ1) is 6.77. The monoisotopic (exact) mass is 273 g/mol. The Balaban J connectivity index is 2.07. The van der Waals surface area contributed by atoms with Crippen molar-refractivity contribution in [3.05, 3.63) is 29.0 Å². The van der Waals surface area contributed by atoms with E-state index in [0.29, 0.717) is 4.83 Å². The van der Waals surface area contributed by atoms with Crippen LogP contribution >= 0.6 is 27.5 Å². The second kappa shape index (κ2) is 4.63. The van der Waals surface area contributed by atoms with E-state index in [-0.39, 0.29) is 0 Å². The van der Waals surface area contributed by atoms with E-state index in [1.165, 1.54) is 24.8 Å². The maximum Gasteiger partial charge on any atom is 0.0621 e. The van der Waals surface area contributed by atoms with Crippen molar-refractivity contribution in [1.29, 1.82) is 0 Å². The molecule has 1 aliphatic rings. The van der Waals surface area contributed by atoms with E-state index >= 15 is 0 Å². The maximum atomic E-state index is 6.07. The van der Waals surface area contributed by atoms with Crippen molar-refractivity contribution >= 4 is 27.5 Å². The summed E-state index contributed by atoms with van der Waals surface area (Å²) in [5.74, 6) is 0.745. The predicted molar refractivity (Wildman–Crippen MR) is 63.0 cm³/mol. The van der Waals surface area contributed by atoms with Gasteiger partial charge in [0.05, 0.1) is 5.02 Å². The molecule has 0 amide bonds. The number of rotatable bonds is 2. The van der Waals surface area contributed by atoms with Crippen LogP contribution < -0.4 is 0 Å². The third kappa shape index (κ3) is 2.29. The van der Waals surface area contributed by atoms with E-state index in [0.717, 1.165) is 17.4 Å². The summed E-state index contributed by atoms with van der Waals surface area (Å²) in [6.07, 6.45) is 8.58. The van der Waals surface area contributed by atoms with Crippen molar-refractivity contribution in [2.45, 2.75) is 30.5 Å². The lowest BCUT2D eigenvalue weighted by Gasteiger charge is -2.14.